The first kappa shape index (κ1) is 25.2. The van der Waals surface area contributed by atoms with Crippen LogP contribution in [0.4, 0.5) is 22.2 Å². The molecule has 0 unspecified atom stereocenters. The normalized spacial score (nSPS) is 12.0. The highest BCUT2D eigenvalue weighted by Crippen LogP contribution is 2.22. The molecule has 0 aliphatic rings. The molecule has 35 heavy (non-hydrogen) atoms. The molecule has 0 saturated heterocycles. The highest BCUT2D eigenvalue weighted by molar-refractivity contribution is 5.99. The number of fused-ring (bicyclic) bond motifs is 1. The predicted octanol–water partition coefficient (Wildman–Crippen LogP) is 1.98. The summed E-state index contributed by atoms with van der Waals surface area (Å²) in [4.78, 5) is 45.6. The molecule has 0 bridgehead atoms. The minimum Gasteiger partial charge on any atom is -0.444 e. The highest BCUT2D eigenvalue weighted by atomic mass is 16.6. The molecule has 0 aliphatic carbocycles. The standard InChI is InChI=1S/C24H29N7O4/c1-24(2,3)35-23(34)30-18(11-14-7-5-4-6-8-14)21(33)27-13-19(32)28-15-9-10-17-16(12-15)20(25)31-22(26)29-17/h4-10,12,18H,11,13H2,1-3H3,(H,27,33)(H,28,32)(H,30,34)(H4,25,26,29,31)/t18-/m1/s1. The number of ether oxygens (including phenoxy) is 1. The second kappa shape index (κ2) is 10.7. The number of nitrogens with zero attached hydrogens (tertiary/aromatic N) is 2. The van der Waals surface area contributed by atoms with Crippen LogP contribution in [0, 0.1) is 0 Å². The van der Waals surface area contributed by atoms with E-state index in [1.54, 1.807) is 39.0 Å². The first-order valence-electron chi connectivity index (χ1n) is 10.9. The van der Waals surface area contributed by atoms with Crippen molar-refractivity contribution in [1.82, 2.24) is 20.6 Å². The average molecular weight is 480 g/mol. The molecule has 7 N–H and O–H groups in total. The third kappa shape index (κ3) is 7.56. The third-order valence-corrected chi connectivity index (χ3v) is 4.74. The van der Waals surface area contributed by atoms with Crippen LogP contribution in [-0.2, 0) is 20.7 Å². The number of benzene rings is 2. The zero-order valence-electron chi connectivity index (χ0n) is 19.8. The van der Waals surface area contributed by atoms with Crippen LogP contribution in [0.15, 0.2) is 48.5 Å². The summed E-state index contributed by atoms with van der Waals surface area (Å²) in [6.45, 7) is 4.87. The number of amides is 3. The Morgan fingerprint density at radius 3 is 2.43 bits per heavy atom. The van der Waals surface area contributed by atoms with E-state index in [4.69, 9.17) is 16.2 Å². The maximum atomic E-state index is 12.9. The van der Waals surface area contributed by atoms with Crippen LogP contribution in [-0.4, -0.2) is 46.1 Å². The van der Waals surface area contributed by atoms with Crippen molar-refractivity contribution >= 4 is 46.3 Å². The lowest BCUT2D eigenvalue weighted by Gasteiger charge is -2.23. The summed E-state index contributed by atoms with van der Waals surface area (Å²) in [5, 5.41) is 8.36. The van der Waals surface area contributed by atoms with Crippen LogP contribution in [0.1, 0.15) is 26.3 Å². The number of carbonyl (C=O) groups is 3. The van der Waals surface area contributed by atoms with E-state index >= 15 is 0 Å². The first-order chi connectivity index (χ1) is 16.5. The van der Waals surface area contributed by atoms with Crippen molar-refractivity contribution in [2.24, 2.45) is 0 Å². The zero-order valence-corrected chi connectivity index (χ0v) is 19.8. The van der Waals surface area contributed by atoms with Gasteiger partial charge in [0.15, 0.2) is 0 Å². The van der Waals surface area contributed by atoms with Crippen LogP contribution in [0.2, 0.25) is 0 Å². The minimum absolute atomic E-state index is 0.0551. The monoisotopic (exact) mass is 479 g/mol. The van der Waals surface area contributed by atoms with E-state index in [1.807, 2.05) is 30.3 Å². The molecule has 3 aromatic rings. The molecule has 11 heteroatoms. The van der Waals surface area contributed by atoms with E-state index in [-0.39, 0.29) is 24.7 Å². The summed E-state index contributed by atoms with van der Waals surface area (Å²) < 4.78 is 5.28. The molecule has 3 amide bonds. The average Bonchev–Trinajstić information content (AvgIpc) is 2.77. The van der Waals surface area contributed by atoms with Crippen LogP contribution in [0.25, 0.3) is 10.9 Å². The second-order valence-electron chi connectivity index (χ2n) is 8.85. The molecule has 0 saturated carbocycles. The number of nitrogen functional groups attached to an aromatic ring is 2. The highest BCUT2D eigenvalue weighted by Gasteiger charge is 2.25. The van der Waals surface area contributed by atoms with E-state index in [1.165, 1.54) is 0 Å². The molecule has 2 aromatic carbocycles. The van der Waals surface area contributed by atoms with Crippen LogP contribution >= 0.6 is 0 Å². The van der Waals surface area contributed by atoms with E-state index in [9.17, 15) is 14.4 Å². The Morgan fingerprint density at radius 2 is 1.74 bits per heavy atom. The molecule has 0 radical (unpaired) electrons. The van der Waals surface area contributed by atoms with Crippen molar-refractivity contribution in [2.45, 2.75) is 38.8 Å². The lowest BCUT2D eigenvalue weighted by Crippen LogP contribution is -2.50. The topological polar surface area (TPSA) is 174 Å². The van der Waals surface area contributed by atoms with Crippen molar-refractivity contribution in [3.63, 3.8) is 0 Å². The van der Waals surface area contributed by atoms with E-state index in [0.29, 0.717) is 16.6 Å². The number of carbonyl (C=O) groups excluding carboxylic acids is 3. The van der Waals surface area contributed by atoms with Gasteiger partial charge >= 0.3 is 6.09 Å². The number of alkyl carbamates (subject to hydrolysis) is 1. The quantitative estimate of drug-likeness (QED) is 0.342. The molecule has 1 heterocycles. The summed E-state index contributed by atoms with van der Waals surface area (Å²) in [6.07, 6.45) is -0.504. The number of hydrogen-bond acceptors (Lipinski definition) is 8. The third-order valence-electron chi connectivity index (χ3n) is 4.74. The number of hydrogen-bond donors (Lipinski definition) is 5. The van der Waals surface area contributed by atoms with Gasteiger partial charge in [-0.1, -0.05) is 30.3 Å². The number of rotatable bonds is 7. The smallest absolute Gasteiger partial charge is 0.408 e. The molecule has 3 rings (SSSR count). The fraction of sp³-hybridized carbons (Fsp3) is 0.292. The molecule has 0 spiro atoms. The molecule has 1 aromatic heterocycles. The Bertz CT molecular complexity index is 1230. The van der Waals surface area contributed by atoms with E-state index < -0.39 is 29.6 Å². The molecule has 0 fully saturated rings. The second-order valence-corrected chi connectivity index (χ2v) is 8.85. The molecule has 11 nitrogen and oxygen atoms in total. The van der Waals surface area contributed by atoms with Crippen molar-refractivity contribution in [1.29, 1.82) is 0 Å². The van der Waals surface area contributed by atoms with Gasteiger partial charge in [0.2, 0.25) is 17.8 Å². The number of anilines is 3. The van der Waals surface area contributed by atoms with Gasteiger partial charge in [-0.2, -0.15) is 4.98 Å². The summed E-state index contributed by atoms with van der Waals surface area (Å²) in [5.41, 5.74) is 12.6. The maximum absolute atomic E-state index is 12.9. The van der Waals surface area contributed by atoms with Crippen molar-refractivity contribution in [3.05, 3.63) is 54.1 Å². The van der Waals surface area contributed by atoms with E-state index in [2.05, 4.69) is 25.9 Å². The Hall–Kier alpha value is -4.41. The SMILES string of the molecule is CC(C)(C)OC(=O)N[C@H](Cc1ccccc1)C(=O)NCC(=O)Nc1ccc2nc(N)nc(N)c2c1. The fourth-order valence-electron chi connectivity index (χ4n) is 3.25. The largest absolute Gasteiger partial charge is 0.444 e. The van der Waals surface area contributed by atoms with Crippen molar-refractivity contribution in [3.8, 4) is 0 Å². The maximum Gasteiger partial charge on any atom is 0.408 e. The Balaban J connectivity index is 1.63. The van der Waals surface area contributed by atoms with Gasteiger partial charge in [-0.15, -0.1) is 0 Å². The molecule has 184 valence electrons. The van der Waals surface area contributed by atoms with Crippen LogP contribution in [0.5, 0.6) is 0 Å². The molecule has 1 atom stereocenters. The minimum atomic E-state index is -0.942. The van der Waals surface area contributed by atoms with Gasteiger partial charge in [0, 0.05) is 17.5 Å². The van der Waals surface area contributed by atoms with E-state index in [0.717, 1.165) is 5.56 Å². The van der Waals surface area contributed by atoms with Gasteiger partial charge in [-0.3, -0.25) is 9.59 Å². The summed E-state index contributed by atoms with van der Waals surface area (Å²) >= 11 is 0. The molecule has 0 aliphatic heterocycles. The summed E-state index contributed by atoms with van der Waals surface area (Å²) in [6, 6.07) is 13.2. The van der Waals surface area contributed by atoms with Crippen molar-refractivity contribution in [2.75, 3.05) is 23.3 Å². The summed E-state index contributed by atoms with van der Waals surface area (Å²) in [7, 11) is 0. The lowest BCUT2D eigenvalue weighted by atomic mass is 10.1. The molecular formula is C24H29N7O4. The van der Waals surface area contributed by atoms with Gasteiger partial charge in [0.1, 0.15) is 17.5 Å². The van der Waals surface area contributed by atoms with Gasteiger partial charge in [0.05, 0.1) is 12.1 Å². The fourth-order valence-corrected chi connectivity index (χ4v) is 3.25. The van der Waals surface area contributed by atoms with Gasteiger partial charge in [-0.25, -0.2) is 9.78 Å². The van der Waals surface area contributed by atoms with Crippen LogP contribution in [0.3, 0.4) is 0 Å². The zero-order chi connectivity index (χ0) is 25.6. The lowest BCUT2D eigenvalue weighted by molar-refractivity contribution is -0.125. The molecular weight excluding hydrogens is 450 g/mol. The Kier molecular flexibility index (Phi) is 7.69. The number of aromatic nitrogens is 2. The first-order valence-corrected chi connectivity index (χ1v) is 10.9. The van der Waals surface area contributed by atoms with Crippen LogP contribution < -0.4 is 27.4 Å². The van der Waals surface area contributed by atoms with Gasteiger partial charge in [0.25, 0.3) is 0 Å². The van der Waals surface area contributed by atoms with Gasteiger partial charge in [-0.05, 0) is 44.5 Å². The summed E-state index contributed by atoms with van der Waals surface area (Å²) in [5.74, 6) is -0.752. The van der Waals surface area contributed by atoms with Gasteiger partial charge < -0.3 is 32.2 Å². The predicted molar refractivity (Wildman–Crippen MR) is 133 cm³/mol. The Morgan fingerprint density at radius 1 is 1.03 bits per heavy atom. The number of nitrogens with one attached hydrogen (secondary N) is 3. The number of nitrogens with two attached hydrogens (primary N) is 2. The Labute approximate surface area is 202 Å². The van der Waals surface area contributed by atoms with Crippen molar-refractivity contribution < 1.29 is 19.1 Å².